The number of amides is 1. The molecule has 0 radical (unpaired) electrons. The molecule has 1 aliphatic rings. The Morgan fingerprint density at radius 3 is 2.72 bits per heavy atom. The van der Waals surface area contributed by atoms with E-state index in [2.05, 4.69) is 38.5 Å². The quantitative estimate of drug-likeness (QED) is 0.400. The van der Waals surface area contributed by atoms with E-state index in [1.165, 1.54) is 6.08 Å². The van der Waals surface area contributed by atoms with Crippen LogP contribution < -0.4 is 19.5 Å². The number of allylic oxidation sites excluding steroid dienone is 2. The van der Waals surface area contributed by atoms with Crippen LogP contribution in [-0.4, -0.2) is 26.0 Å². The molecule has 0 fully saturated rings. The van der Waals surface area contributed by atoms with Crippen molar-refractivity contribution in [3.8, 4) is 17.2 Å². The first-order valence-electron chi connectivity index (χ1n) is 9.55. The second-order valence-corrected chi connectivity index (χ2v) is 7.25. The van der Waals surface area contributed by atoms with Crippen molar-refractivity contribution in [2.75, 3.05) is 19.5 Å². The molecule has 0 unspecified atom stereocenters. The number of halogens is 1. The minimum Gasteiger partial charge on any atom is -0.497 e. The van der Waals surface area contributed by atoms with E-state index in [1.807, 2.05) is 30.4 Å². The molecule has 1 amide bonds. The molecular weight excluding hydrogens is 472 g/mol. The van der Waals surface area contributed by atoms with Gasteiger partial charge in [0.15, 0.2) is 0 Å². The monoisotopic (exact) mass is 492 g/mol. The molecule has 3 rings (SSSR count). The molecule has 1 N–H and O–H groups in total. The summed E-state index contributed by atoms with van der Waals surface area (Å²) in [5, 5.41) is 2.70. The molecule has 0 saturated carbocycles. The van der Waals surface area contributed by atoms with Crippen LogP contribution in [0.1, 0.15) is 5.56 Å². The number of hydrogen-bond donors (Lipinski definition) is 1. The van der Waals surface area contributed by atoms with E-state index >= 15 is 0 Å². The van der Waals surface area contributed by atoms with Gasteiger partial charge in [-0.15, -0.1) is 0 Å². The molecule has 0 bridgehead atoms. The molecule has 2 aromatic rings. The zero-order chi connectivity index (χ0) is 22.9. The molecule has 0 aliphatic carbocycles. The van der Waals surface area contributed by atoms with Crippen LogP contribution in [0.25, 0.3) is 6.08 Å². The Labute approximate surface area is 195 Å². The lowest BCUT2D eigenvalue weighted by Gasteiger charge is -2.10. The van der Waals surface area contributed by atoms with Gasteiger partial charge in [-0.3, -0.25) is 4.79 Å². The van der Waals surface area contributed by atoms with Crippen LogP contribution in [0.4, 0.5) is 5.69 Å². The van der Waals surface area contributed by atoms with Crippen molar-refractivity contribution in [2.24, 2.45) is 4.99 Å². The smallest absolute Gasteiger partial charge is 0.247 e. The van der Waals surface area contributed by atoms with Crippen LogP contribution in [0.2, 0.25) is 0 Å². The van der Waals surface area contributed by atoms with Gasteiger partial charge >= 0.3 is 0 Å². The van der Waals surface area contributed by atoms with Crippen molar-refractivity contribution in [3.05, 3.63) is 94.8 Å². The van der Waals surface area contributed by atoms with Crippen LogP contribution >= 0.6 is 15.9 Å². The van der Waals surface area contributed by atoms with Crippen LogP contribution in [0.15, 0.2) is 94.3 Å². The maximum Gasteiger partial charge on any atom is 0.247 e. The second kappa shape index (κ2) is 11.0. The largest absolute Gasteiger partial charge is 0.497 e. The fourth-order valence-electron chi connectivity index (χ4n) is 2.69. The minimum atomic E-state index is -0.302. The third-order valence-electron chi connectivity index (χ3n) is 4.25. The van der Waals surface area contributed by atoms with Gasteiger partial charge in [-0.2, -0.15) is 0 Å². The zero-order valence-electron chi connectivity index (χ0n) is 17.6. The number of nitrogens with one attached hydrogen (secondary N) is 1. The van der Waals surface area contributed by atoms with E-state index in [1.54, 1.807) is 50.6 Å². The maximum atomic E-state index is 11.5. The Morgan fingerprint density at radius 2 is 1.97 bits per heavy atom. The van der Waals surface area contributed by atoms with Gasteiger partial charge in [-0.25, -0.2) is 4.99 Å². The number of aliphatic imine (C=N–C) groups is 1. The van der Waals surface area contributed by atoms with Gasteiger partial charge in [0.2, 0.25) is 11.8 Å². The number of rotatable bonds is 7. The number of nitrogens with zero attached hydrogens (tertiary/aromatic N) is 1. The molecule has 1 aliphatic heterocycles. The summed E-state index contributed by atoms with van der Waals surface area (Å²) in [7, 11) is 3.21. The highest BCUT2D eigenvalue weighted by atomic mass is 79.9. The van der Waals surface area contributed by atoms with E-state index in [0.717, 1.165) is 5.56 Å². The minimum absolute atomic E-state index is 0.302. The zero-order valence-corrected chi connectivity index (χ0v) is 19.2. The topological polar surface area (TPSA) is 69.2 Å². The van der Waals surface area contributed by atoms with Crippen molar-refractivity contribution in [1.82, 2.24) is 0 Å². The van der Waals surface area contributed by atoms with E-state index in [-0.39, 0.29) is 5.91 Å². The fourth-order valence-corrected chi connectivity index (χ4v) is 2.99. The van der Waals surface area contributed by atoms with Crippen molar-refractivity contribution in [2.45, 2.75) is 0 Å². The van der Waals surface area contributed by atoms with E-state index in [0.29, 0.717) is 39.0 Å². The fraction of sp³-hybridized carbons (Fsp3) is 0.0800. The lowest BCUT2D eigenvalue weighted by Crippen LogP contribution is -2.10. The van der Waals surface area contributed by atoms with Gasteiger partial charge < -0.3 is 19.5 Å². The lowest BCUT2D eigenvalue weighted by atomic mass is 10.1. The second-order valence-electron chi connectivity index (χ2n) is 6.39. The summed E-state index contributed by atoms with van der Waals surface area (Å²) < 4.78 is 17.3. The third kappa shape index (κ3) is 6.11. The lowest BCUT2D eigenvalue weighted by molar-refractivity contribution is -0.111. The summed E-state index contributed by atoms with van der Waals surface area (Å²) >= 11 is 3.47. The number of anilines is 1. The van der Waals surface area contributed by atoms with Gasteiger partial charge in [-0.1, -0.05) is 18.4 Å². The average Bonchev–Trinajstić information content (AvgIpc) is 2.98. The van der Waals surface area contributed by atoms with Gasteiger partial charge in [0, 0.05) is 23.4 Å². The van der Waals surface area contributed by atoms with E-state index in [9.17, 15) is 4.79 Å². The molecule has 0 saturated heterocycles. The van der Waals surface area contributed by atoms with Gasteiger partial charge in [0.25, 0.3) is 0 Å². The summed E-state index contributed by atoms with van der Waals surface area (Å²) in [5.74, 6) is 1.94. The van der Waals surface area contributed by atoms with Crippen LogP contribution in [0.3, 0.4) is 0 Å². The Hall–Kier alpha value is -3.80. The molecule has 0 spiro atoms. The predicted octanol–water partition coefficient (Wildman–Crippen LogP) is 5.65. The normalized spacial score (nSPS) is 12.9. The average molecular weight is 493 g/mol. The maximum absolute atomic E-state index is 11.5. The SMILES string of the molecule is C=CC(=O)Nc1cccc(OC2=NC(/C=C/c3ccc(OC)cc3OC)=C=CC=C2Br)c1. The van der Waals surface area contributed by atoms with Crippen molar-refractivity contribution in [1.29, 1.82) is 0 Å². The van der Waals surface area contributed by atoms with Gasteiger partial charge in [0.1, 0.15) is 22.9 Å². The third-order valence-corrected chi connectivity index (χ3v) is 4.85. The summed E-state index contributed by atoms with van der Waals surface area (Å²) in [6.07, 6.45) is 8.42. The Bertz CT molecular complexity index is 1190. The summed E-state index contributed by atoms with van der Waals surface area (Å²) in [6, 6.07) is 12.6. The van der Waals surface area contributed by atoms with Crippen molar-refractivity contribution in [3.63, 3.8) is 0 Å². The molecular formula is C25H21BrN2O4. The number of benzene rings is 2. The molecule has 162 valence electrons. The number of carbonyl (C=O) groups excluding carboxylic acids is 1. The highest BCUT2D eigenvalue weighted by molar-refractivity contribution is 9.12. The molecule has 0 aromatic heterocycles. The standard InChI is InChI=1S/C25H21BrN2O4/c1-4-24(29)27-19-8-5-9-21(15-19)32-25-22(26)10-6-7-18(28-25)13-11-17-12-14-20(30-2)16-23(17)31-3/h4-6,8-16H,1H2,2-3H3,(H,27,29)/b13-11+. The molecule has 1 heterocycles. The first-order chi connectivity index (χ1) is 15.5. The number of carbonyl (C=O) groups is 1. The first kappa shape index (κ1) is 22.9. The summed E-state index contributed by atoms with van der Waals surface area (Å²) in [6.45, 7) is 3.45. The van der Waals surface area contributed by atoms with E-state index in [4.69, 9.17) is 14.2 Å². The number of methoxy groups -OCH3 is 2. The Morgan fingerprint density at radius 1 is 1.12 bits per heavy atom. The Kier molecular flexibility index (Phi) is 7.86. The molecule has 7 heteroatoms. The number of ether oxygens (including phenoxy) is 3. The van der Waals surface area contributed by atoms with Crippen LogP contribution in [0, 0.1) is 0 Å². The molecule has 32 heavy (non-hydrogen) atoms. The van der Waals surface area contributed by atoms with Gasteiger partial charge in [0.05, 0.1) is 18.7 Å². The highest BCUT2D eigenvalue weighted by Crippen LogP contribution is 2.27. The van der Waals surface area contributed by atoms with Crippen molar-refractivity contribution < 1.29 is 19.0 Å². The molecule has 0 atom stereocenters. The van der Waals surface area contributed by atoms with Gasteiger partial charge in [-0.05, 0) is 70.6 Å². The summed E-state index contributed by atoms with van der Waals surface area (Å²) in [4.78, 5) is 16.1. The molecule has 6 nitrogen and oxygen atoms in total. The van der Waals surface area contributed by atoms with Crippen LogP contribution in [-0.2, 0) is 4.79 Å². The summed E-state index contributed by atoms with van der Waals surface area (Å²) in [5.41, 5.74) is 5.10. The van der Waals surface area contributed by atoms with Crippen LogP contribution in [0.5, 0.6) is 17.2 Å². The van der Waals surface area contributed by atoms with Crippen molar-refractivity contribution >= 4 is 39.5 Å². The molecule has 2 aromatic carbocycles. The predicted molar refractivity (Wildman–Crippen MR) is 131 cm³/mol. The van der Waals surface area contributed by atoms with E-state index < -0.39 is 0 Å². The highest BCUT2D eigenvalue weighted by Gasteiger charge is 2.11. The first-order valence-corrected chi connectivity index (χ1v) is 10.3. The number of hydrogen-bond acceptors (Lipinski definition) is 5. The Balaban J connectivity index is 1.83.